The number of ketones is 1. The van der Waals surface area contributed by atoms with E-state index in [-0.39, 0.29) is 5.78 Å². The fourth-order valence-corrected chi connectivity index (χ4v) is 5.47. The quantitative estimate of drug-likeness (QED) is 0.251. The highest BCUT2D eigenvalue weighted by Crippen LogP contribution is 2.30. The van der Waals surface area contributed by atoms with Crippen LogP contribution in [-0.4, -0.2) is 38.7 Å². The van der Waals surface area contributed by atoms with Gasteiger partial charge in [-0.15, -0.1) is 0 Å². The number of rotatable bonds is 11. The molecule has 9 nitrogen and oxygen atoms in total. The van der Waals surface area contributed by atoms with Crippen molar-refractivity contribution in [2.24, 2.45) is 10.9 Å². The van der Waals surface area contributed by atoms with Gasteiger partial charge in [0.05, 0.1) is 6.04 Å². The van der Waals surface area contributed by atoms with Crippen molar-refractivity contribution < 1.29 is 18.0 Å². The van der Waals surface area contributed by atoms with Crippen molar-refractivity contribution in [3.05, 3.63) is 107 Å². The molecule has 0 spiro atoms. The van der Waals surface area contributed by atoms with E-state index in [1.54, 1.807) is 24.3 Å². The molecule has 3 atom stereocenters. The number of amides is 1. The molecule has 3 aromatic rings. The van der Waals surface area contributed by atoms with E-state index in [9.17, 15) is 18.0 Å². The molecule has 1 saturated heterocycles. The van der Waals surface area contributed by atoms with Crippen LogP contribution in [0.2, 0.25) is 0 Å². The molecule has 0 bridgehead atoms. The number of nitrogens with one attached hydrogen (secondary N) is 3. The summed E-state index contributed by atoms with van der Waals surface area (Å²) in [6.45, 7) is 1.05. The van der Waals surface area contributed by atoms with Gasteiger partial charge in [0.2, 0.25) is 5.91 Å². The summed E-state index contributed by atoms with van der Waals surface area (Å²) >= 11 is 0. The number of carbonyl (C=O) groups is 2. The summed E-state index contributed by atoms with van der Waals surface area (Å²) in [5.74, 6) is -1.58. The molecule has 0 aliphatic carbocycles. The molecule has 1 unspecified atom stereocenters. The predicted molar refractivity (Wildman–Crippen MR) is 146 cm³/mol. The van der Waals surface area contributed by atoms with Crippen molar-refractivity contribution >= 4 is 21.9 Å². The third kappa shape index (κ3) is 6.91. The molecule has 4 rings (SSSR count). The van der Waals surface area contributed by atoms with Crippen molar-refractivity contribution in [1.82, 2.24) is 15.4 Å². The zero-order valence-corrected chi connectivity index (χ0v) is 21.7. The van der Waals surface area contributed by atoms with E-state index in [0.29, 0.717) is 36.2 Å². The first-order valence-corrected chi connectivity index (χ1v) is 14.1. The Balaban J connectivity index is 1.74. The summed E-state index contributed by atoms with van der Waals surface area (Å²) in [6.07, 6.45) is 1.50. The van der Waals surface area contributed by atoms with Crippen LogP contribution in [0.4, 0.5) is 0 Å². The maximum absolute atomic E-state index is 13.9. The Morgan fingerprint density at radius 2 is 1.47 bits per heavy atom. The number of nitrogens with two attached hydrogens (primary N) is 2. The van der Waals surface area contributed by atoms with Gasteiger partial charge in [-0.05, 0) is 41.6 Å². The number of benzene rings is 3. The van der Waals surface area contributed by atoms with Crippen LogP contribution in [-0.2, 0) is 26.3 Å². The monoisotopic (exact) mass is 535 g/mol. The third-order valence-electron chi connectivity index (χ3n) is 6.75. The second kappa shape index (κ2) is 12.4. The zero-order chi connectivity index (χ0) is 27.1. The molecule has 7 N–H and O–H groups in total. The molecule has 1 aliphatic rings. The van der Waals surface area contributed by atoms with Crippen LogP contribution >= 0.6 is 0 Å². The van der Waals surface area contributed by atoms with Gasteiger partial charge in [0.1, 0.15) is 12.1 Å². The van der Waals surface area contributed by atoms with Gasteiger partial charge in [0.25, 0.3) is 10.2 Å². The lowest BCUT2D eigenvalue weighted by molar-refractivity contribution is -0.130. The van der Waals surface area contributed by atoms with E-state index in [2.05, 4.69) is 15.4 Å². The SMILES string of the molecule is NCc1ccc(C(NC(=O)[C@H](NS(N)(=O)=O)C(c2ccccc2)c2ccccc2)C(=O)[C@@H]2CCCN2)cc1. The second-order valence-electron chi connectivity index (χ2n) is 9.38. The smallest absolute Gasteiger partial charge is 0.275 e. The van der Waals surface area contributed by atoms with Crippen LogP contribution < -0.4 is 26.2 Å². The molecular formula is C28H33N5O4S. The van der Waals surface area contributed by atoms with Gasteiger partial charge in [-0.25, -0.2) is 5.14 Å². The Hall–Kier alpha value is -3.41. The first-order valence-electron chi connectivity index (χ1n) is 12.5. The molecule has 1 heterocycles. The second-order valence-corrected chi connectivity index (χ2v) is 10.7. The van der Waals surface area contributed by atoms with Crippen molar-refractivity contribution in [3.63, 3.8) is 0 Å². The lowest BCUT2D eigenvalue weighted by atomic mass is 9.84. The number of hydrogen-bond donors (Lipinski definition) is 5. The molecule has 1 aliphatic heterocycles. The fraction of sp³-hybridized carbons (Fsp3) is 0.286. The molecule has 3 aromatic carbocycles. The average molecular weight is 536 g/mol. The summed E-state index contributed by atoms with van der Waals surface area (Å²) in [4.78, 5) is 27.5. The van der Waals surface area contributed by atoms with Crippen LogP contribution in [0.5, 0.6) is 0 Å². The lowest BCUT2D eigenvalue weighted by Crippen LogP contribution is -2.54. The number of carbonyl (C=O) groups excluding carboxylic acids is 2. The summed E-state index contributed by atoms with van der Waals surface area (Å²) in [5, 5.41) is 11.4. The Morgan fingerprint density at radius 3 is 1.95 bits per heavy atom. The lowest BCUT2D eigenvalue weighted by Gasteiger charge is -2.30. The van der Waals surface area contributed by atoms with E-state index in [0.717, 1.165) is 12.0 Å². The Labute approximate surface area is 223 Å². The molecular weight excluding hydrogens is 502 g/mol. The van der Waals surface area contributed by atoms with E-state index in [1.165, 1.54) is 0 Å². The van der Waals surface area contributed by atoms with Gasteiger partial charge in [0.15, 0.2) is 5.78 Å². The average Bonchev–Trinajstić information content (AvgIpc) is 3.47. The Morgan fingerprint density at radius 1 is 0.895 bits per heavy atom. The predicted octanol–water partition coefficient (Wildman–Crippen LogP) is 1.62. The standard InChI is InChI=1S/C28H33N5O4S/c29-18-19-13-15-22(16-14-19)25(27(34)23-12-7-17-31-23)32-28(35)26(33-38(30,36)37)24(20-8-3-1-4-9-20)21-10-5-2-6-11-21/h1-6,8-11,13-16,23-26,31,33H,7,12,17-18,29H2,(H,32,35)(H2,30,36,37)/t23-,25?,26+/m0/s1. The zero-order valence-electron chi connectivity index (χ0n) is 20.9. The molecule has 1 amide bonds. The van der Waals surface area contributed by atoms with Crippen LogP contribution in [0.15, 0.2) is 84.9 Å². The maximum Gasteiger partial charge on any atom is 0.275 e. The van der Waals surface area contributed by atoms with Crippen LogP contribution in [0.25, 0.3) is 0 Å². The highest BCUT2D eigenvalue weighted by Gasteiger charge is 2.37. The molecule has 10 heteroatoms. The van der Waals surface area contributed by atoms with Gasteiger partial charge in [-0.2, -0.15) is 13.1 Å². The van der Waals surface area contributed by atoms with E-state index >= 15 is 0 Å². The largest absolute Gasteiger partial charge is 0.341 e. The minimum atomic E-state index is -4.30. The molecule has 200 valence electrons. The number of Topliss-reactive ketones (excluding diaryl/α,β-unsaturated/α-hetero) is 1. The van der Waals surface area contributed by atoms with Crippen molar-refractivity contribution in [2.75, 3.05) is 6.54 Å². The van der Waals surface area contributed by atoms with Gasteiger partial charge < -0.3 is 16.4 Å². The first kappa shape index (κ1) is 27.6. The molecule has 0 saturated carbocycles. The molecule has 0 aromatic heterocycles. The van der Waals surface area contributed by atoms with Crippen LogP contribution in [0.1, 0.15) is 47.1 Å². The molecule has 38 heavy (non-hydrogen) atoms. The summed E-state index contributed by atoms with van der Waals surface area (Å²) in [5.41, 5.74) is 8.62. The van der Waals surface area contributed by atoms with Crippen LogP contribution in [0, 0.1) is 0 Å². The van der Waals surface area contributed by atoms with E-state index in [4.69, 9.17) is 10.9 Å². The Bertz CT molecular complexity index is 1290. The molecule has 0 radical (unpaired) electrons. The van der Waals surface area contributed by atoms with Gasteiger partial charge in [-0.3, -0.25) is 9.59 Å². The van der Waals surface area contributed by atoms with E-state index < -0.39 is 40.2 Å². The van der Waals surface area contributed by atoms with Crippen molar-refractivity contribution in [1.29, 1.82) is 0 Å². The topological polar surface area (TPSA) is 156 Å². The minimum Gasteiger partial charge on any atom is -0.341 e. The summed E-state index contributed by atoms with van der Waals surface area (Å²) < 4.78 is 26.9. The Kier molecular flexibility index (Phi) is 9.03. The third-order valence-corrected chi connectivity index (χ3v) is 7.33. The number of hydrogen-bond acceptors (Lipinski definition) is 6. The van der Waals surface area contributed by atoms with E-state index in [1.807, 2.05) is 60.7 Å². The van der Waals surface area contributed by atoms with Gasteiger partial charge in [0, 0.05) is 12.5 Å². The van der Waals surface area contributed by atoms with Crippen molar-refractivity contribution in [2.45, 2.75) is 43.4 Å². The fourth-order valence-electron chi connectivity index (χ4n) is 4.87. The van der Waals surface area contributed by atoms with Crippen molar-refractivity contribution in [3.8, 4) is 0 Å². The van der Waals surface area contributed by atoms with Gasteiger partial charge in [-0.1, -0.05) is 84.9 Å². The highest BCUT2D eigenvalue weighted by atomic mass is 32.2. The van der Waals surface area contributed by atoms with Crippen LogP contribution in [0.3, 0.4) is 0 Å². The maximum atomic E-state index is 13.9. The summed E-state index contributed by atoms with van der Waals surface area (Å²) in [6, 6.07) is 22.6. The highest BCUT2D eigenvalue weighted by molar-refractivity contribution is 7.87. The minimum absolute atomic E-state index is 0.193. The summed E-state index contributed by atoms with van der Waals surface area (Å²) in [7, 11) is -4.30. The first-order chi connectivity index (χ1) is 18.3. The normalized spacial score (nSPS) is 17.2. The molecule has 1 fully saturated rings. The van der Waals surface area contributed by atoms with Gasteiger partial charge >= 0.3 is 0 Å².